The van der Waals surface area contributed by atoms with E-state index in [0.29, 0.717) is 0 Å². The molecule has 1 aliphatic carbocycles. The molecule has 0 saturated heterocycles. The van der Waals surface area contributed by atoms with E-state index in [0.717, 1.165) is 18.8 Å². The van der Waals surface area contributed by atoms with E-state index in [2.05, 4.69) is 13.8 Å². The van der Waals surface area contributed by atoms with Crippen LogP contribution in [0.15, 0.2) is 0 Å². The first-order valence-electron chi connectivity index (χ1n) is 5.00. The van der Waals surface area contributed by atoms with Crippen LogP contribution >= 0.6 is 0 Å². The molecular weight excluding hydrogens is 168 g/mol. The van der Waals surface area contributed by atoms with Gasteiger partial charge in [-0.15, -0.1) is 0 Å². The molecule has 1 fully saturated rings. The maximum Gasteiger partial charge on any atom is 0.388 e. The Balaban J connectivity index is 2.29. The minimum atomic E-state index is -0.924. The summed E-state index contributed by atoms with van der Waals surface area (Å²) >= 11 is 0. The van der Waals surface area contributed by atoms with Crippen molar-refractivity contribution >= 4 is 9.28 Å². The largest absolute Gasteiger partial charge is 0.393 e. The SMILES string of the molecule is CCO[Si](OCC)C1CCCC1. The molecule has 0 aromatic rings. The van der Waals surface area contributed by atoms with E-state index < -0.39 is 9.28 Å². The summed E-state index contributed by atoms with van der Waals surface area (Å²) < 4.78 is 11.3. The third kappa shape index (κ3) is 2.88. The average molecular weight is 187 g/mol. The molecule has 1 rings (SSSR count). The Labute approximate surface area is 77.1 Å². The fraction of sp³-hybridized carbons (Fsp3) is 1.00. The molecule has 12 heavy (non-hydrogen) atoms. The lowest BCUT2D eigenvalue weighted by Gasteiger charge is -2.18. The Morgan fingerprint density at radius 1 is 1.08 bits per heavy atom. The number of hydrogen-bond donors (Lipinski definition) is 0. The van der Waals surface area contributed by atoms with Crippen molar-refractivity contribution in [2.45, 2.75) is 45.1 Å². The summed E-state index contributed by atoms with van der Waals surface area (Å²) in [5, 5.41) is 0. The second-order valence-electron chi connectivity index (χ2n) is 3.17. The first-order chi connectivity index (χ1) is 5.88. The number of hydrogen-bond acceptors (Lipinski definition) is 2. The van der Waals surface area contributed by atoms with Crippen LogP contribution in [0.2, 0.25) is 5.54 Å². The Morgan fingerprint density at radius 3 is 2.00 bits per heavy atom. The molecular formula is C9H19O2Si. The summed E-state index contributed by atoms with van der Waals surface area (Å²) in [5.74, 6) is 0. The van der Waals surface area contributed by atoms with E-state index >= 15 is 0 Å². The minimum absolute atomic E-state index is 0.759. The summed E-state index contributed by atoms with van der Waals surface area (Å²) in [7, 11) is -0.924. The second kappa shape index (κ2) is 5.73. The molecule has 0 aliphatic heterocycles. The third-order valence-corrected chi connectivity index (χ3v) is 4.65. The second-order valence-corrected chi connectivity index (χ2v) is 5.20. The highest BCUT2D eigenvalue weighted by Gasteiger charge is 2.30. The molecule has 71 valence electrons. The van der Waals surface area contributed by atoms with Crippen molar-refractivity contribution in [3.05, 3.63) is 0 Å². The van der Waals surface area contributed by atoms with Crippen LogP contribution in [0, 0.1) is 0 Å². The fourth-order valence-electron chi connectivity index (χ4n) is 1.72. The van der Waals surface area contributed by atoms with Crippen LogP contribution in [0.1, 0.15) is 39.5 Å². The molecule has 0 aromatic heterocycles. The Morgan fingerprint density at radius 2 is 1.58 bits per heavy atom. The molecule has 0 amide bonds. The van der Waals surface area contributed by atoms with Crippen molar-refractivity contribution in [3.8, 4) is 0 Å². The van der Waals surface area contributed by atoms with Crippen LogP contribution in [-0.2, 0) is 8.85 Å². The van der Waals surface area contributed by atoms with Crippen molar-refractivity contribution in [2.75, 3.05) is 13.2 Å². The minimum Gasteiger partial charge on any atom is -0.393 e. The van der Waals surface area contributed by atoms with Crippen molar-refractivity contribution in [1.82, 2.24) is 0 Å². The smallest absolute Gasteiger partial charge is 0.388 e. The predicted molar refractivity (Wildman–Crippen MR) is 51.2 cm³/mol. The molecule has 0 aromatic carbocycles. The zero-order valence-electron chi connectivity index (χ0n) is 8.14. The van der Waals surface area contributed by atoms with Gasteiger partial charge in [0.15, 0.2) is 0 Å². The predicted octanol–water partition coefficient (Wildman–Crippen LogP) is 2.49. The van der Waals surface area contributed by atoms with Gasteiger partial charge >= 0.3 is 9.28 Å². The van der Waals surface area contributed by atoms with Crippen molar-refractivity contribution < 1.29 is 8.85 Å². The van der Waals surface area contributed by atoms with E-state index in [1.165, 1.54) is 25.7 Å². The van der Waals surface area contributed by atoms with E-state index in [9.17, 15) is 0 Å². The van der Waals surface area contributed by atoms with Gasteiger partial charge in [-0.25, -0.2) is 0 Å². The third-order valence-electron chi connectivity index (χ3n) is 2.26. The van der Waals surface area contributed by atoms with Gasteiger partial charge in [0, 0.05) is 18.8 Å². The van der Waals surface area contributed by atoms with Gasteiger partial charge in [-0.05, 0) is 26.7 Å². The summed E-state index contributed by atoms with van der Waals surface area (Å²) in [4.78, 5) is 0. The summed E-state index contributed by atoms with van der Waals surface area (Å²) in [6, 6.07) is 0. The fourth-order valence-corrected chi connectivity index (χ4v) is 3.73. The lowest BCUT2D eigenvalue weighted by molar-refractivity contribution is 0.204. The van der Waals surface area contributed by atoms with Gasteiger partial charge in [-0.2, -0.15) is 0 Å². The van der Waals surface area contributed by atoms with Crippen LogP contribution in [0.4, 0.5) is 0 Å². The summed E-state index contributed by atoms with van der Waals surface area (Å²) in [6.45, 7) is 5.73. The quantitative estimate of drug-likeness (QED) is 0.616. The van der Waals surface area contributed by atoms with Crippen molar-refractivity contribution in [1.29, 1.82) is 0 Å². The van der Waals surface area contributed by atoms with Gasteiger partial charge in [0.1, 0.15) is 0 Å². The molecule has 2 nitrogen and oxygen atoms in total. The normalized spacial score (nSPS) is 19.2. The van der Waals surface area contributed by atoms with Crippen molar-refractivity contribution in [3.63, 3.8) is 0 Å². The first kappa shape index (κ1) is 10.2. The van der Waals surface area contributed by atoms with Gasteiger partial charge in [-0.1, -0.05) is 12.8 Å². The van der Waals surface area contributed by atoms with Gasteiger partial charge < -0.3 is 8.85 Å². The van der Waals surface area contributed by atoms with Crippen LogP contribution in [0.3, 0.4) is 0 Å². The Kier molecular flexibility index (Phi) is 4.88. The Bertz CT molecular complexity index is 107. The van der Waals surface area contributed by atoms with E-state index in [1.54, 1.807) is 0 Å². The highest BCUT2D eigenvalue weighted by atomic mass is 28.3. The summed E-state index contributed by atoms with van der Waals surface area (Å²) in [6.07, 6.45) is 5.40. The molecule has 0 unspecified atom stereocenters. The van der Waals surface area contributed by atoms with Crippen LogP contribution in [-0.4, -0.2) is 22.5 Å². The average Bonchev–Trinajstić information content (AvgIpc) is 2.56. The standard InChI is InChI=1S/C9H19O2Si/c1-3-10-12(11-4-2)9-7-5-6-8-9/h9H,3-8H2,1-2H3. The molecule has 0 atom stereocenters. The zero-order valence-corrected chi connectivity index (χ0v) is 9.14. The maximum absolute atomic E-state index is 5.65. The van der Waals surface area contributed by atoms with Crippen LogP contribution in [0.5, 0.6) is 0 Å². The molecule has 3 heteroatoms. The Hall–Kier alpha value is 0.137. The van der Waals surface area contributed by atoms with E-state index in [-0.39, 0.29) is 0 Å². The molecule has 0 spiro atoms. The zero-order chi connectivity index (χ0) is 8.81. The molecule has 1 radical (unpaired) electrons. The van der Waals surface area contributed by atoms with Gasteiger partial charge in [-0.3, -0.25) is 0 Å². The highest BCUT2D eigenvalue weighted by molar-refractivity contribution is 6.46. The van der Waals surface area contributed by atoms with Gasteiger partial charge in [0.05, 0.1) is 0 Å². The topological polar surface area (TPSA) is 18.5 Å². The van der Waals surface area contributed by atoms with Gasteiger partial charge in [0.2, 0.25) is 0 Å². The van der Waals surface area contributed by atoms with Crippen LogP contribution < -0.4 is 0 Å². The molecule has 0 N–H and O–H groups in total. The molecule has 1 saturated carbocycles. The lowest BCUT2D eigenvalue weighted by atomic mass is 10.4. The van der Waals surface area contributed by atoms with Crippen LogP contribution in [0.25, 0.3) is 0 Å². The number of rotatable bonds is 5. The monoisotopic (exact) mass is 187 g/mol. The molecule has 0 bridgehead atoms. The maximum atomic E-state index is 5.65. The summed E-state index contributed by atoms with van der Waals surface area (Å²) in [5.41, 5.74) is 0.759. The first-order valence-corrected chi connectivity index (χ1v) is 6.40. The molecule has 0 heterocycles. The molecule has 1 aliphatic rings. The van der Waals surface area contributed by atoms with E-state index in [4.69, 9.17) is 8.85 Å². The lowest BCUT2D eigenvalue weighted by Crippen LogP contribution is -2.27. The highest BCUT2D eigenvalue weighted by Crippen LogP contribution is 2.33. The van der Waals surface area contributed by atoms with Gasteiger partial charge in [0.25, 0.3) is 0 Å². The van der Waals surface area contributed by atoms with E-state index in [1.807, 2.05) is 0 Å². The van der Waals surface area contributed by atoms with Crippen molar-refractivity contribution in [2.24, 2.45) is 0 Å².